The van der Waals surface area contributed by atoms with E-state index in [0.717, 1.165) is 11.4 Å². The molecule has 6 nitrogen and oxygen atoms in total. The van der Waals surface area contributed by atoms with E-state index in [9.17, 15) is 10.4 Å². The van der Waals surface area contributed by atoms with Crippen LogP contribution in [0.15, 0.2) is 30.5 Å². The van der Waals surface area contributed by atoms with Crippen LogP contribution < -0.4 is 14.4 Å². The molecule has 0 spiro atoms. The van der Waals surface area contributed by atoms with Crippen molar-refractivity contribution in [3.05, 3.63) is 36.0 Å². The van der Waals surface area contributed by atoms with Gasteiger partial charge in [-0.1, -0.05) is 0 Å². The standard InChI is InChI=1S/C16H15N3O3/c1-10-9-19(14-6-13(20)3-4-15(14)22-10)12-5-11(7-17)16(21-2)18-8-12/h3-6,8,10,20H,9H2,1-2H3. The third-order valence-corrected chi connectivity index (χ3v) is 3.46. The van der Waals surface area contributed by atoms with Crippen LogP contribution in [0.25, 0.3) is 0 Å². The Morgan fingerprint density at radius 1 is 1.45 bits per heavy atom. The molecule has 1 unspecified atom stereocenters. The van der Waals surface area contributed by atoms with Crippen molar-refractivity contribution in [1.29, 1.82) is 5.26 Å². The van der Waals surface area contributed by atoms with Crippen molar-refractivity contribution in [3.8, 4) is 23.4 Å². The van der Waals surface area contributed by atoms with Crippen molar-refractivity contribution in [2.75, 3.05) is 18.6 Å². The molecule has 1 aromatic carbocycles. The maximum atomic E-state index is 9.73. The molecule has 0 saturated heterocycles. The van der Waals surface area contributed by atoms with Crippen LogP contribution >= 0.6 is 0 Å². The fourth-order valence-corrected chi connectivity index (χ4v) is 2.50. The molecule has 1 aliphatic heterocycles. The number of phenols is 1. The first-order valence-corrected chi connectivity index (χ1v) is 6.83. The minimum absolute atomic E-state index is 0.0234. The fourth-order valence-electron chi connectivity index (χ4n) is 2.50. The number of aromatic nitrogens is 1. The van der Waals surface area contributed by atoms with Gasteiger partial charge in [0.15, 0.2) is 0 Å². The zero-order valence-corrected chi connectivity index (χ0v) is 12.3. The SMILES string of the molecule is COc1ncc(N2CC(C)Oc3ccc(O)cc32)cc1C#N. The maximum absolute atomic E-state index is 9.73. The van der Waals surface area contributed by atoms with E-state index < -0.39 is 0 Å². The summed E-state index contributed by atoms with van der Waals surface area (Å²) in [4.78, 5) is 6.14. The van der Waals surface area contributed by atoms with E-state index in [1.165, 1.54) is 7.11 Å². The number of nitriles is 1. The van der Waals surface area contributed by atoms with E-state index in [-0.39, 0.29) is 11.9 Å². The molecule has 1 aliphatic rings. The molecule has 0 bridgehead atoms. The summed E-state index contributed by atoms with van der Waals surface area (Å²) in [6.07, 6.45) is 1.62. The van der Waals surface area contributed by atoms with E-state index in [1.807, 2.05) is 11.8 Å². The number of phenolic OH excluding ortho intramolecular Hbond substituents is 1. The number of ether oxygens (including phenoxy) is 2. The van der Waals surface area contributed by atoms with Crippen LogP contribution in [0.1, 0.15) is 12.5 Å². The first kappa shape index (κ1) is 14.0. The fraction of sp³-hybridized carbons (Fsp3) is 0.250. The summed E-state index contributed by atoms with van der Waals surface area (Å²) in [6.45, 7) is 2.56. The van der Waals surface area contributed by atoms with E-state index in [0.29, 0.717) is 23.7 Å². The molecule has 22 heavy (non-hydrogen) atoms. The van der Waals surface area contributed by atoms with Gasteiger partial charge in [-0.3, -0.25) is 0 Å². The van der Waals surface area contributed by atoms with Crippen LogP contribution in [0.3, 0.4) is 0 Å². The Labute approximate surface area is 128 Å². The van der Waals surface area contributed by atoms with Crippen LogP contribution in [0.4, 0.5) is 11.4 Å². The lowest BCUT2D eigenvalue weighted by atomic mass is 10.1. The van der Waals surface area contributed by atoms with Crippen molar-refractivity contribution >= 4 is 11.4 Å². The number of methoxy groups -OCH3 is 1. The van der Waals surface area contributed by atoms with Gasteiger partial charge in [0.1, 0.15) is 29.2 Å². The van der Waals surface area contributed by atoms with Gasteiger partial charge in [0.2, 0.25) is 5.88 Å². The molecule has 0 fully saturated rings. The Balaban J connectivity index is 2.09. The summed E-state index contributed by atoms with van der Waals surface area (Å²) < 4.78 is 10.8. The van der Waals surface area contributed by atoms with Crippen molar-refractivity contribution in [2.24, 2.45) is 0 Å². The summed E-state index contributed by atoms with van der Waals surface area (Å²) in [5.74, 6) is 1.14. The van der Waals surface area contributed by atoms with Gasteiger partial charge in [-0.2, -0.15) is 5.26 Å². The van der Waals surface area contributed by atoms with Gasteiger partial charge >= 0.3 is 0 Å². The molecule has 112 valence electrons. The first-order valence-electron chi connectivity index (χ1n) is 6.83. The van der Waals surface area contributed by atoms with E-state index >= 15 is 0 Å². The highest BCUT2D eigenvalue weighted by atomic mass is 16.5. The minimum atomic E-state index is -0.0234. The zero-order valence-electron chi connectivity index (χ0n) is 12.3. The van der Waals surface area contributed by atoms with Gasteiger partial charge in [0.05, 0.1) is 31.2 Å². The molecule has 6 heteroatoms. The number of benzene rings is 1. The number of fused-ring (bicyclic) bond motifs is 1. The second-order valence-electron chi connectivity index (χ2n) is 5.05. The number of hydrogen-bond donors (Lipinski definition) is 1. The Morgan fingerprint density at radius 3 is 3.00 bits per heavy atom. The molecule has 0 amide bonds. The smallest absolute Gasteiger partial charge is 0.231 e. The Morgan fingerprint density at radius 2 is 2.27 bits per heavy atom. The summed E-state index contributed by atoms with van der Waals surface area (Å²) in [6, 6.07) is 8.75. The molecule has 0 aliphatic carbocycles. The van der Waals surface area contributed by atoms with Crippen LogP contribution in [0.2, 0.25) is 0 Å². The van der Waals surface area contributed by atoms with Gasteiger partial charge in [-0.15, -0.1) is 0 Å². The number of aromatic hydroxyl groups is 1. The molecule has 3 rings (SSSR count). The number of pyridine rings is 1. The number of rotatable bonds is 2. The molecule has 1 aromatic heterocycles. The highest BCUT2D eigenvalue weighted by Crippen LogP contribution is 2.40. The van der Waals surface area contributed by atoms with Crippen LogP contribution in [0.5, 0.6) is 17.4 Å². The van der Waals surface area contributed by atoms with Crippen molar-refractivity contribution in [2.45, 2.75) is 13.0 Å². The highest BCUT2D eigenvalue weighted by Gasteiger charge is 2.25. The summed E-state index contributed by atoms with van der Waals surface area (Å²) in [7, 11) is 1.48. The second kappa shape index (κ2) is 5.45. The van der Waals surface area contributed by atoms with Crippen LogP contribution in [-0.4, -0.2) is 29.8 Å². The van der Waals surface area contributed by atoms with Gasteiger partial charge in [0.25, 0.3) is 0 Å². The number of nitrogens with zero attached hydrogens (tertiary/aromatic N) is 3. The lowest BCUT2D eigenvalue weighted by Crippen LogP contribution is -2.35. The monoisotopic (exact) mass is 297 g/mol. The van der Waals surface area contributed by atoms with Crippen LogP contribution in [0, 0.1) is 11.3 Å². The lowest BCUT2D eigenvalue weighted by Gasteiger charge is -2.34. The molecule has 1 N–H and O–H groups in total. The zero-order chi connectivity index (χ0) is 15.7. The topological polar surface area (TPSA) is 78.6 Å². The number of anilines is 2. The first-order chi connectivity index (χ1) is 10.6. The minimum Gasteiger partial charge on any atom is -0.508 e. The van der Waals surface area contributed by atoms with Crippen molar-refractivity contribution in [3.63, 3.8) is 0 Å². The highest BCUT2D eigenvalue weighted by molar-refractivity contribution is 5.72. The predicted octanol–water partition coefficient (Wildman–Crippen LogP) is 2.59. The molecular weight excluding hydrogens is 282 g/mol. The molecule has 1 atom stereocenters. The summed E-state index contributed by atoms with van der Waals surface area (Å²) >= 11 is 0. The maximum Gasteiger partial charge on any atom is 0.231 e. The van der Waals surface area contributed by atoms with Crippen molar-refractivity contribution in [1.82, 2.24) is 4.98 Å². The van der Waals surface area contributed by atoms with E-state index in [4.69, 9.17) is 9.47 Å². The summed E-state index contributed by atoms with van der Waals surface area (Å²) in [5, 5.41) is 18.9. The molecule has 0 radical (unpaired) electrons. The third-order valence-electron chi connectivity index (χ3n) is 3.46. The summed E-state index contributed by atoms with van der Waals surface area (Å²) in [5.41, 5.74) is 1.86. The number of hydrogen-bond acceptors (Lipinski definition) is 6. The average molecular weight is 297 g/mol. The second-order valence-corrected chi connectivity index (χ2v) is 5.05. The molecule has 2 heterocycles. The molecular formula is C16H15N3O3. The Hall–Kier alpha value is -2.94. The molecule has 0 saturated carbocycles. The predicted molar refractivity (Wildman–Crippen MR) is 80.7 cm³/mol. The third kappa shape index (κ3) is 2.37. The van der Waals surface area contributed by atoms with Crippen LogP contribution in [-0.2, 0) is 0 Å². The quantitative estimate of drug-likeness (QED) is 0.918. The van der Waals surface area contributed by atoms with Gasteiger partial charge in [-0.05, 0) is 25.1 Å². The lowest BCUT2D eigenvalue weighted by molar-refractivity contribution is 0.217. The van der Waals surface area contributed by atoms with Gasteiger partial charge in [-0.25, -0.2) is 4.98 Å². The normalized spacial score (nSPS) is 16.4. The average Bonchev–Trinajstić information content (AvgIpc) is 2.53. The Bertz CT molecular complexity index is 755. The van der Waals surface area contributed by atoms with E-state index in [2.05, 4.69) is 11.1 Å². The van der Waals surface area contributed by atoms with Gasteiger partial charge in [0, 0.05) is 6.07 Å². The largest absolute Gasteiger partial charge is 0.508 e. The Kier molecular flexibility index (Phi) is 3.47. The van der Waals surface area contributed by atoms with Crippen molar-refractivity contribution < 1.29 is 14.6 Å². The molecule has 2 aromatic rings. The van der Waals surface area contributed by atoms with Gasteiger partial charge < -0.3 is 19.5 Å². The van der Waals surface area contributed by atoms with E-state index in [1.54, 1.807) is 30.5 Å².